The van der Waals surface area contributed by atoms with Gasteiger partial charge in [-0.3, -0.25) is 0 Å². The van der Waals surface area contributed by atoms with E-state index in [0.29, 0.717) is 5.92 Å². The van der Waals surface area contributed by atoms with Crippen LogP contribution in [0.5, 0.6) is 11.5 Å². The lowest BCUT2D eigenvalue weighted by Gasteiger charge is -2.39. The number of nitrogens with zero attached hydrogens (tertiary/aromatic N) is 1. The Morgan fingerprint density at radius 3 is 2.29 bits per heavy atom. The molecule has 2 heterocycles. The highest BCUT2D eigenvalue weighted by Crippen LogP contribution is 2.42. The number of rotatable bonds is 4. The molecule has 3 atom stereocenters. The van der Waals surface area contributed by atoms with Gasteiger partial charge >= 0.3 is 0 Å². The summed E-state index contributed by atoms with van der Waals surface area (Å²) in [6.45, 7) is 0. The van der Waals surface area contributed by atoms with Crippen molar-refractivity contribution in [1.82, 2.24) is 4.90 Å². The minimum absolute atomic E-state index is 0.0848. The van der Waals surface area contributed by atoms with Crippen molar-refractivity contribution >= 4 is 0 Å². The van der Waals surface area contributed by atoms with Gasteiger partial charge in [0.1, 0.15) is 0 Å². The molecule has 116 valence electrons. The summed E-state index contributed by atoms with van der Waals surface area (Å²) in [5, 5.41) is 0. The Morgan fingerprint density at radius 1 is 1.10 bits per heavy atom. The van der Waals surface area contributed by atoms with Gasteiger partial charge < -0.3 is 20.1 Å². The van der Waals surface area contributed by atoms with Gasteiger partial charge in [-0.05, 0) is 56.3 Å². The van der Waals surface area contributed by atoms with Crippen LogP contribution >= 0.6 is 0 Å². The standard InChI is InChI=1S/C17H26N2O2/c1-19-13-5-6-14(19)9-12(8-13)17(18)11-4-7-15(20-2)16(10-11)21-3/h4,7,10,12-14,17H,5-6,8-9,18H2,1-3H3. The van der Waals surface area contributed by atoms with Crippen molar-refractivity contribution in [1.29, 1.82) is 0 Å². The second kappa shape index (κ2) is 5.85. The largest absolute Gasteiger partial charge is 0.493 e. The van der Waals surface area contributed by atoms with Crippen molar-refractivity contribution in [2.75, 3.05) is 21.3 Å². The molecule has 21 heavy (non-hydrogen) atoms. The Kier molecular flexibility index (Phi) is 4.09. The summed E-state index contributed by atoms with van der Waals surface area (Å²) in [5.41, 5.74) is 7.72. The predicted molar refractivity (Wildman–Crippen MR) is 83.8 cm³/mol. The third kappa shape index (κ3) is 2.62. The molecular weight excluding hydrogens is 264 g/mol. The highest BCUT2D eigenvalue weighted by molar-refractivity contribution is 5.43. The van der Waals surface area contributed by atoms with Crippen molar-refractivity contribution in [3.8, 4) is 11.5 Å². The van der Waals surface area contributed by atoms with E-state index in [2.05, 4.69) is 18.0 Å². The number of fused-ring (bicyclic) bond motifs is 2. The van der Waals surface area contributed by atoms with Gasteiger partial charge in [-0.2, -0.15) is 0 Å². The molecular formula is C17H26N2O2. The van der Waals surface area contributed by atoms with E-state index in [1.807, 2.05) is 12.1 Å². The second-order valence-electron chi connectivity index (χ2n) is 6.42. The van der Waals surface area contributed by atoms with E-state index >= 15 is 0 Å². The molecule has 2 fully saturated rings. The molecule has 3 rings (SSSR count). The van der Waals surface area contributed by atoms with E-state index in [-0.39, 0.29) is 6.04 Å². The van der Waals surface area contributed by atoms with Crippen LogP contribution in [0.15, 0.2) is 18.2 Å². The number of ether oxygens (including phenoxy) is 2. The lowest BCUT2D eigenvalue weighted by molar-refractivity contribution is 0.121. The third-order valence-electron chi connectivity index (χ3n) is 5.44. The summed E-state index contributed by atoms with van der Waals surface area (Å²) in [4.78, 5) is 2.55. The molecule has 0 aromatic heterocycles. The zero-order chi connectivity index (χ0) is 15.0. The third-order valence-corrected chi connectivity index (χ3v) is 5.44. The molecule has 0 spiro atoms. The minimum Gasteiger partial charge on any atom is -0.493 e. The maximum absolute atomic E-state index is 6.57. The fraction of sp³-hybridized carbons (Fsp3) is 0.647. The molecule has 1 aromatic rings. The predicted octanol–water partition coefficient (Wildman–Crippen LogP) is 2.58. The monoisotopic (exact) mass is 290 g/mol. The zero-order valence-corrected chi connectivity index (χ0v) is 13.2. The lowest BCUT2D eigenvalue weighted by atomic mass is 9.82. The first-order valence-electron chi connectivity index (χ1n) is 7.83. The van der Waals surface area contributed by atoms with E-state index in [1.165, 1.54) is 25.7 Å². The van der Waals surface area contributed by atoms with E-state index < -0.39 is 0 Å². The second-order valence-corrected chi connectivity index (χ2v) is 6.42. The molecule has 2 saturated heterocycles. The highest BCUT2D eigenvalue weighted by Gasteiger charge is 2.40. The van der Waals surface area contributed by atoms with Crippen LogP contribution in [0.1, 0.15) is 37.3 Å². The fourth-order valence-corrected chi connectivity index (χ4v) is 4.08. The quantitative estimate of drug-likeness (QED) is 0.926. The highest BCUT2D eigenvalue weighted by atomic mass is 16.5. The van der Waals surface area contributed by atoms with Crippen LogP contribution in [0.3, 0.4) is 0 Å². The normalized spacial score (nSPS) is 30.2. The van der Waals surface area contributed by atoms with Gasteiger partial charge in [0.25, 0.3) is 0 Å². The van der Waals surface area contributed by atoms with Crippen molar-refractivity contribution < 1.29 is 9.47 Å². The van der Waals surface area contributed by atoms with Crippen LogP contribution in [0, 0.1) is 5.92 Å². The van der Waals surface area contributed by atoms with E-state index in [1.54, 1.807) is 14.2 Å². The van der Waals surface area contributed by atoms with E-state index in [0.717, 1.165) is 29.1 Å². The van der Waals surface area contributed by atoms with Gasteiger partial charge in [0.2, 0.25) is 0 Å². The van der Waals surface area contributed by atoms with Gasteiger partial charge in [0.05, 0.1) is 14.2 Å². The van der Waals surface area contributed by atoms with Gasteiger partial charge in [0, 0.05) is 18.1 Å². The van der Waals surface area contributed by atoms with Gasteiger partial charge in [0.15, 0.2) is 11.5 Å². The molecule has 2 aliphatic heterocycles. The lowest BCUT2D eigenvalue weighted by Crippen LogP contribution is -2.42. The van der Waals surface area contributed by atoms with Crippen LogP contribution in [0.25, 0.3) is 0 Å². The smallest absolute Gasteiger partial charge is 0.161 e. The van der Waals surface area contributed by atoms with Gasteiger partial charge in [-0.25, -0.2) is 0 Å². The first kappa shape index (κ1) is 14.7. The molecule has 4 heteroatoms. The molecule has 4 nitrogen and oxygen atoms in total. The maximum Gasteiger partial charge on any atom is 0.161 e. The number of hydrogen-bond donors (Lipinski definition) is 1. The average molecular weight is 290 g/mol. The molecule has 0 aliphatic carbocycles. The maximum atomic E-state index is 6.57. The molecule has 1 aromatic carbocycles. The van der Waals surface area contributed by atoms with Crippen LogP contribution in [-0.2, 0) is 0 Å². The Balaban J connectivity index is 1.78. The molecule has 2 aliphatic rings. The molecule has 0 radical (unpaired) electrons. The van der Waals surface area contributed by atoms with Crippen molar-refractivity contribution in [3.05, 3.63) is 23.8 Å². The summed E-state index contributed by atoms with van der Waals surface area (Å²) in [6, 6.07) is 7.59. The summed E-state index contributed by atoms with van der Waals surface area (Å²) in [6.07, 6.45) is 5.08. The Morgan fingerprint density at radius 2 is 1.71 bits per heavy atom. The van der Waals surface area contributed by atoms with Crippen molar-refractivity contribution in [2.24, 2.45) is 11.7 Å². The van der Waals surface area contributed by atoms with Gasteiger partial charge in [-0.15, -0.1) is 0 Å². The summed E-state index contributed by atoms with van der Waals surface area (Å²) in [7, 11) is 5.59. The molecule has 0 saturated carbocycles. The number of benzene rings is 1. The number of piperidine rings is 1. The molecule has 3 unspecified atom stereocenters. The first-order chi connectivity index (χ1) is 10.1. The van der Waals surface area contributed by atoms with E-state index in [4.69, 9.17) is 15.2 Å². The first-order valence-corrected chi connectivity index (χ1v) is 7.83. The summed E-state index contributed by atoms with van der Waals surface area (Å²) in [5.74, 6) is 2.09. The molecule has 2 bridgehead atoms. The van der Waals surface area contributed by atoms with Crippen molar-refractivity contribution in [2.45, 2.75) is 43.8 Å². The summed E-state index contributed by atoms with van der Waals surface area (Å²) >= 11 is 0. The van der Waals surface area contributed by atoms with Crippen LogP contribution in [0.4, 0.5) is 0 Å². The van der Waals surface area contributed by atoms with Crippen LogP contribution in [-0.4, -0.2) is 38.3 Å². The van der Waals surface area contributed by atoms with Crippen LogP contribution < -0.4 is 15.2 Å². The topological polar surface area (TPSA) is 47.7 Å². The number of methoxy groups -OCH3 is 2. The Bertz CT molecular complexity index is 492. The fourth-order valence-electron chi connectivity index (χ4n) is 4.08. The zero-order valence-electron chi connectivity index (χ0n) is 13.2. The van der Waals surface area contributed by atoms with E-state index in [9.17, 15) is 0 Å². The number of nitrogens with two attached hydrogens (primary N) is 1. The SMILES string of the molecule is COc1ccc(C(N)C2CC3CCC(C2)N3C)cc1OC. The van der Waals surface area contributed by atoms with Crippen molar-refractivity contribution in [3.63, 3.8) is 0 Å². The Labute approximate surface area is 127 Å². The van der Waals surface area contributed by atoms with Gasteiger partial charge in [-0.1, -0.05) is 6.07 Å². The Hall–Kier alpha value is -1.26. The average Bonchev–Trinajstić information content (AvgIpc) is 2.75. The summed E-state index contributed by atoms with van der Waals surface area (Å²) < 4.78 is 10.7. The molecule has 2 N–H and O–H groups in total. The molecule has 0 amide bonds. The minimum atomic E-state index is 0.0848. The number of hydrogen-bond acceptors (Lipinski definition) is 4. The van der Waals surface area contributed by atoms with Crippen LogP contribution in [0.2, 0.25) is 0 Å².